The Labute approximate surface area is 85.0 Å². The van der Waals surface area contributed by atoms with Gasteiger partial charge in [-0.25, -0.2) is 0 Å². The van der Waals surface area contributed by atoms with Crippen molar-refractivity contribution in [3.63, 3.8) is 0 Å². The number of esters is 1. The molecule has 0 aromatic rings. The van der Waals surface area contributed by atoms with Crippen LogP contribution in [0.1, 0.15) is 26.7 Å². The van der Waals surface area contributed by atoms with E-state index in [-0.39, 0.29) is 18.1 Å². The van der Waals surface area contributed by atoms with Crippen LogP contribution < -0.4 is 5.32 Å². The molecule has 2 unspecified atom stereocenters. The maximum Gasteiger partial charge on any atom is 0.322 e. The molecule has 1 heterocycles. The van der Waals surface area contributed by atoms with Crippen LogP contribution in [0.2, 0.25) is 0 Å². The van der Waals surface area contributed by atoms with Crippen molar-refractivity contribution in [1.82, 2.24) is 5.32 Å². The van der Waals surface area contributed by atoms with Crippen molar-refractivity contribution >= 4 is 5.97 Å². The number of nitrogens with one attached hydrogen (secondary N) is 1. The van der Waals surface area contributed by atoms with E-state index in [1.807, 2.05) is 0 Å². The summed E-state index contributed by atoms with van der Waals surface area (Å²) in [7, 11) is 1.40. The van der Waals surface area contributed by atoms with Gasteiger partial charge in [-0.05, 0) is 26.7 Å². The third-order valence-electron chi connectivity index (χ3n) is 2.53. The average molecular weight is 201 g/mol. The number of hydrogen-bond donors (Lipinski definition) is 1. The second kappa shape index (κ2) is 5.32. The molecule has 0 aromatic carbocycles. The molecule has 4 heteroatoms. The molecule has 1 rings (SSSR count). The van der Waals surface area contributed by atoms with Gasteiger partial charge in [-0.1, -0.05) is 0 Å². The lowest BCUT2D eigenvalue weighted by atomic mass is 10.2. The predicted octanol–water partition coefficient (Wildman–Crippen LogP) is 0.705. The molecule has 0 bridgehead atoms. The van der Waals surface area contributed by atoms with Crippen molar-refractivity contribution in [2.24, 2.45) is 0 Å². The van der Waals surface area contributed by atoms with Crippen LogP contribution in [0.5, 0.6) is 0 Å². The van der Waals surface area contributed by atoms with Gasteiger partial charge in [0.2, 0.25) is 0 Å². The Kier molecular flexibility index (Phi) is 4.35. The highest BCUT2D eigenvalue weighted by atomic mass is 16.5. The molecule has 1 aliphatic rings. The smallest absolute Gasteiger partial charge is 0.322 e. The van der Waals surface area contributed by atoms with Gasteiger partial charge in [0.1, 0.15) is 6.04 Å². The lowest BCUT2D eigenvalue weighted by Gasteiger charge is -2.15. The molecule has 82 valence electrons. The molecule has 0 aliphatic carbocycles. The highest BCUT2D eigenvalue weighted by molar-refractivity contribution is 5.75. The summed E-state index contributed by atoms with van der Waals surface area (Å²) in [6, 6.07) is -0.250. The monoisotopic (exact) mass is 201 g/mol. The van der Waals surface area contributed by atoms with E-state index in [0.717, 1.165) is 19.4 Å². The molecule has 0 spiro atoms. The van der Waals surface area contributed by atoms with Crippen molar-refractivity contribution < 1.29 is 14.3 Å². The van der Waals surface area contributed by atoms with E-state index in [1.165, 1.54) is 7.11 Å². The first-order valence-electron chi connectivity index (χ1n) is 5.10. The van der Waals surface area contributed by atoms with E-state index >= 15 is 0 Å². The molecule has 14 heavy (non-hydrogen) atoms. The average Bonchev–Trinajstić information content (AvgIpc) is 2.59. The molecule has 1 fully saturated rings. The summed E-state index contributed by atoms with van der Waals surface area (Å²) in [4.78, 5) is 11.1. The lowest BCUT2D eigenvalue weighted by molar-refractivity contribution is -0.142. The predicted molar refractivity (Wildman–Crippen MR) is 53.0 cm³/mol. The minimum Gasteiger partial charge on any atom is -0.468 e. The molecular formula is C10H19NO3. The molecule has 0 radical (unpaired) electrons. The van der Waals surface area contributed by atoms with Gasteiger partial charge in [-0.15, -0.1) is 0 Å². The van der Waals surface area contributed by atoms with Crippen molar-refractivity contribution in [2.45, 2.75) is 44.9 Å². The number of methoxy groups -OCH3 is 1. The summed E-state index contributed by atoms with van der Waals surface area (Å²) in [5, 5.41) is 3.10. The first-order valence-corrected chi connectivity index (χ1v) is 5.10. The van der Waals surface area contributed by atoms with Gasteiger partial charge in [0.25, 0.3) is 0 Å². The van der Waals surface area contributed by atoms with Gasteiger partial charge in [-0.2, -0.15) is 0 Å². The molecule has 1 saturated heterocycles. The largest absolute Gasteiger partial charge is 0.468 e. The Morgan fingerprint density at radius 1 is 1.64 bits per heavy atom. The summed E-state index contributed by atoms with van der Waals surface area (Å²) < 4.78 is 10.2. The van der Waals surface area contributed by atoms with Gasteiger partial charge in [0, 0.05) is 6.54 Å². The van der Waals surface area contributed by atoms with Crippen molar-refractivity contribution in [2.75, 3.05) is 13.7 Å². The van der Waals surface area contributed by atoms with Crippen LogP contribution in [-0.2, 0) is 14.3 Å². The fourth-order valence-electron chi connectivity index (χ4n) is 1.60. The Morgan fingerprint density at radius 2 is 2.36 bits per heavy atom. The third-order valence-corrected chi connectivity index (χ3v) is 2.53. The number of hydrogen-bond acceptors (Lipinski definition) is 4. The lowest BCUT2D eigenvalue weighted by Crippen LogP contribution is -2.39. The van der Waals surface area contributed by atoms with E-state index in [9.17, 15) is 4.79 Å². The summed E-state index contributed by atoms with van der Waals surface area (Å²) in [6.07, 6.45) is 2.79. The highest BCUT2D eigenvalue weighted by Crippen LogP contribution is 2.18. The zero-order chi connectivity index (χ0) is 10.6. The van der Waals surface area contributed by atoms with E-state index < -0.39 is 0 Å². The van der Waals surface area contributed by atoms with Gasteiger partial charge < -0.3 is 14.8 Å². The topological polar surface area (TPSA) is 47.6 Å². The van der Waals surface area contributed by atoms with Crippen LogP contribution in [0, 0.1) is 0 Å². The first kappa shape index (κ1) is 11.5. The molecule has 0 aromatic heterocycles. The summed E-state index contributed by atoms with van der Waals surface area (Å²) in [6.45, 7) is 4.59. The zero-order valence-electron chi connectivity index (χ0n) is 9.08. The fraction of sp³-hybridized carbons (Fsp3) is 0.900. The van der Waals surface area contributed by atoms with Crippen LogP contribution in [0.15, 0.2) is 0 Å². The van der Waals surface area contributed by atoms with Gasteiger partial charge >= 0.3 is 5.97 Å². The molecular weight excluding hydrogens is 182 g/mol. The number of carbonyl (C=O) groups is 1. The van der Waals surface area contributed by atoms with Crippen LogP contribution in [0.4, 0.5) is 0 Å². The van der Waals surface area contributed by atoms with Crippen LogP contribution in [0.3, 0.4) is 0 Å². The Morgan fingerprint density at radius 3 is 2.86 bits per heavy atom. The molecule has 3 atom stereocenters. The minimum absolute atomic E-state index is 0.226. The summed E-state index contributed by atoms with van der Waals surface area (Å²) >= 11 is 0. The van der Waals surface area contributed by atoms with Gasteiger partial charge in [0.05, 0.1) is 19.3 Å². The van der Waals surface area contributed by atoms with Crippen molar-refractivity contribution in [1.29, 1.82) is 0 Å². The molecule has 4 nitrogen and oxygen atoms in total. The standard InChI is InChI=1S/C10H19NO3/c1-7-4-5-9(14-7)6-11-8(2)10(12)13-3/h7-9,11H,4-6H2,1-3H3/t7?,8-,9?/m0/s1. The fourth-order valence-corrected chi connectivity index (χ4v) is 1.60. The van der Waals surface area contributed by atoms with E-state index in [0.29, 0.717) is 6.10 Å². The highest BCUT2D eigenvalue weighted by Gasteiger charge is 2.23. The number of rotatable bonds is 4. The third kappa shape index (κ3) is 3.27. The minimum atomic E-state index is -0.250. The molecule has 1 aliphatic heterocycles. The Balaban J connectivity index is 2.17. The normalized spacial score (nSPS) is 28.8. The van der Waals surface area contributed by atoms with Crippen LogP contribution in [-0.4, -0.2) is 37.9 Å². The number of carbonyl (C=O) groups excluding carboxylic acids is 1. The SMILES string of the molecule is COC(=O)[C@H](C)NCC1CCC(C)O1. The first-order chi connectivity index (χ1) is 6.63. The Bertz CT molecular complexity index is 196. The van der Waals surface area contributed by atoms with Gasteiger partial charge in [-0.3, -0.25) is 4.79 Å². The summed E-state index contributed by atoms with van der Waals surface area (Å²) in [5.74, 6) is -0.226. The summed E-state index contributed by atoms with van der Waals surface area (Å²) in [5.41, 5.74) is 0. The van der Waals surface area contributed by atoms with Crippen molar-refractivity contribution in [3.05, 3.63) is 0 Å². The molecule has 1 N–H and O–H groups in total. The number of ether oxygens (including phenoxy) is 2. The zero-order valence-corrected chi connectivity index (χ0v) is 9.08. The quantitative estimate of drug-likeness (QED) is 0.680. The second-order valence-electron chi connectivity index (χ2n) is 3.80. The van der Waals surface area contributed by atoms with Crippen molar-refractivity contribution in [3.8, 4) is 0 Å². The second-order valence-corrected chi connectivity index (χ2v) is 3.80. The Hall–Kier alpha value is -0.610. The van der Waals surface area contributed by atoms with Crippen LogP contribution in [0.25, 0.3) is 0 Å². The van der Waals surface area contributed by atoms with E-state index in [1.54, 1.807) is 6.92 Å². The van der Waals surface area contributed by atoms with E-state index in [2.05, 4.69) is 17.0 Å². The maximum absolute atomic E-state index is 11.1. The molecule has 0 amide bonds. The van der Waals surface area contributed by atoms with E-state index in [4.69, 9.17) is 4.74 Å². The maximum atomic E-state index is 11.1. The van der Waals surface area contributed by atoms with Gasteiger partial charge in [0.15, 0.2) is 0 Å². The van der Waals surface area contributed by atoms with Crippen LogP contribution >= 0.6 is 0 Å². The molecule has 0 saturated carbocycles.